The van der Waals surface area contributed by atoms with Crippen LogP contribution in [0.1, 0.15) is 21.5 Å². The highest BCUT2D eigenvalue weighted by molar-refractivity contribution is 6.01. The topological polar surface area (TPSA) is 101 Å². The standard InChI is InChI=1S/C23H20FN3O4/c1-15-7-8-17(14-21(15)27(30)31)22(28)26-20(13-16-5-3-2-4-6-16)23(29)25-19-11-9-18(24)10-12-19/h2-12,14,20H,13H2,1H3,(H,25,29)(H,26,28). The van der Waals surface area contributed by atoms with Gasteiger partial charge in [0.2, 0.25) is 5.91 Å². The Morgan fingerprint density at radius 3 is 2.35 bits per heavy atom. The molecule has 0 aliphatic carbocycles. The molecule has 0 spiro atoms. The Kier molecular flexibility index (Phi) is 6.71. The van der Waals surface area contributed by atoms with Crippen molar-refractivity contribution < 1.29 is 18.9 Å². The van der Waals surface area contributed by atoms with Crippen molar-refractivity contribution in [2.75, 3.05) is 5.32 Å². The number of nitrogens with zero attached hydrogens (tertiary/aromatic N) is 1. The summed E-state index contributed by atoms with van der Waals surface area (Å²) in [5, 5.41) is 16.5. The number of hydrogen-bond acceptors (Lipinski definition) is 4. The molecule has 7 nitrogen and oxygen atoms in total. The largest absolute Gasteiger partial charge is 0.340 e. The molecule has 0 saturated carbocycles. The molecule has 158 valence electrons. The van der Waals surface area contributed by atoms with Gasteiger partial charge >= 0.3 is 0 Å². The Morgan fingerprint density at radius 1 is 1.03 bits per heavy atom. The molecule has 3 aromatic rings. The van der Waals surface area contributed by atoms with Crippen LogP contribution in [0.2, 0.25) is 0 Å². The molecule has 2 N–H and O–H groups in total. The van der Waals surface area contributed by atoms with E-state index in [0.717, 1.165) is 5.56 Å². The average molecular weight is 421 g/mol. The normalized spacial score (nSPS) is 11.4. The number of nitro groups is 1. The fourth-order valence-corrected chi connectivity index (χ4v) is 3.01. The molecule has 1 unspecified atom stereocenters. The summed E-state index contributed by atoms with van der Waals surface area (Å²) in [7, 11) is 0. The van der Waals surface area contributed by atoms with E-state index in [-0.39, 0.29) is 17.7 Å². The summed E-state index contributed by atoms with van der Waals surface area (Å²) in [4.78, 5) is 36.3. The number of amides is 2. The zero-order valence-electron chi connectivity index (χ0n) is 16.7. The molecule has 0 fully saturated rings. The van der Waals surface area contributed by atoms with Gasteiger partial charge in [0.15, 0.2) is 0 Å². The van der Waals surface area contributed by atoms with Gasteiger partial charge in [-0.05, 0) is 42.8 Å². The minimum absolute atomic E-state index is 0.0740. The highest BCUT2D eigenvalue weighted by Gasteiger charge is 2.23. The monoisotopic (exact) mass is 421 g/mol. The summed E-state index contributed by atoms with van der Waals surface area (Å²) in [6, 6.07) is 17.5. The average Bonchev–Trinajstić information content (AvgIpc) is 2.75. The van der Waals surface area contributed by atoms with E-state index in [2.05, 4.69) is 10.6 Å². The van der Waals surface area contributed by atoms with E-state index < -0.39 is 28.6 Å². The molecule has 1 atom stereocenters. The summed E-state index contributed by atoms with van der Waals surface area (Å²) in [6.45, 7) is 1.58. The lowest BCUT2D eigenvalue weighted by Gasteiger charge is -2.19. The first-order chi connectivity index (χ1) is 14.8. The number of nitro benzene ring substituents is 1. The summed E-state index contributed by atoms with van der Waals surface area (Å²) in [6.07, 6.45) is 0.202. The van der Waals surface area contributed by atoms with Crippen LogP contribution in [-0.4, -0.2) is 22.8 Å². The van der Waals surface area contributed by atoms with Gasteiger partial charge in [0.1, 0.15) is 11.9 Å². The zero-order chi connectivity index (χ0) is 22.4. The number of benzene rings is 3. The van der Waals surface area contributed by atoms with Gasteiger partial charge in [-0.15, -0.1) is 0 Å². The van der Waals surface area contributed by atoms with Crippen LogP contribution in [0.15, 0.2) is 72.8 Å². The fraction of sp³-hybridized carbons (Fsp3) is 0.130. The van der Waals surface area contributed by atoms with Crippen LogP contribution in [0.4, 0.5) is 15.8 Å². The van der Waals surface area contributed by atoms with Crippen LogP contribution < -0.4 is 10.6 Å². The van der Waals surface area contributed by atoms with Crippen molar-refractivity contribution in [1.29, 1.82) is 0 Å². The maximum atomic E-state index is 13.1. The van der Waals surface area contributed by atoms with Gasteiger partial charge in [0.25, 0.3) is 11.6 Å². The van der Waals surface area contributed by atoms with Crippen LogP contribution in [0, 0.1) is 22.9 Å². The second-order valence-corrected chi connectivity index (χ2v) is 6.97. The Bertz CT molecular complexity index is 1100. The van der Waals surface area contributed by atoms with E-state index in [9.17, 15) is 24.1 Å². The Hall–Kier alpha value is -4.07. The summed E-state index contributed by atoms with van der Waals surface area (Å²) >= 11 is 0. The van der Waals surface area contributed by atoms with E-state index in [1.165, 1.54) is 42.5 Å². The van der Waals surface area contributed by atoms with E-state index in [0.29, 0.717) is 11.3 Å². The quantitative estimate of drug-likeness (QED) is 0.444. The Morgan fingerprint density at radius 2 is 1.71 bits per heavy atom. The molecular weight excluding hydrogens is 401 g/mol. The van der Waals surface area contributed by atoms with Crippen molar-refractivity contribution in [3.63, 3.8) is 0 Å². The Balaban J connectivity index is 1.82. The van der Waals surface area contributed by atoms with Gasteiger partial charge in [0.05, 0.1) is 4.92 Å². The molecule has 0 bridgehead atoms. The lowest BCUT2D eigenvalue weighted by molar-refractivity contribution is -0.385. The number of anilines is 1. The number of aryl methyl sites for hydroxylation is 1. The van der Waals surface area contributed by atoms with Gasteiger partial charge < -0.3 is 10.6 Å². The molecule has 31 heavy (non-hydrogen) atoms. The van der Waals surface area contributed by atoms with Crippen molar-refractivity contribution in [2.45, 2.75) is 19.4 Å². The van der Waals surface area contributed by atoms with Crippen LogP contribution in [0.5, 0.6) is 0 Å². The van der Waals surface area contributed by atoms with Gasteiger partial charge in [-0.3, -0.25) is 19.7 Å². The number of halogens is 1. The summed E-state index contributed by atoms with van der Waals surface area (Å²) in [5.74, 6) is -1.54. The smallest absolute Gasteiger partial charge is 0.273 e. The first-order valence-electron chi connectivity index (χ1n) is 9.50. The third-order valence-electron chi connectivity index (χ3n) is 4.68. The zero-order valence-corrected chi connectivity index (χ0v) is 16.7. The lowest BCUT2D eigenvalue weighted by atomic mass is 10.0. The van der Waals surface area contributed by atoms with Gasteiger partial charge in [-0.1, -0.05) is 36.4 Å². The number of hydrogen-bond donors (Lipinski definition) is 2. The van der Waals surface area contributed by atoms with Crippen molar-refractivity contribution in [1.82, 2.24) is 5.32 Å². The molecule has 3 aromatic carbocycles. The maximum Gasteiger partial charge on any atom is 0.273 e. The fourth-order valence-electron chi connectivity index (χ4n) is 3.01. The van der Waals surface area contributed by atoms with Crippen molar-refractivity contribution in [3.8, 4) is 0 Å². The SMILES string of the molecule is Cc1ccc(C(=O)NC(Cc2ccccc2)C(=O)Nc2ccc(F)cc2)cc1[N+](=O)[O-]. The first-order valence-corrected chi connectivity index (χ1v) is 9.50. The summed E-state index contributed by atoms with van der Waals surface area (Å²) in [5.41, 5.74) is 1.52. The molecule has 0 aliphatic heterocycles. The van der Waals surface area contributed by atoms with E-state index in [4.69, 9.17) is 0 Å². The molecule has 0 aliphatic rings. The van der Waals surface area contributed by atoms with E-state index in [1.807, 2.05) is 30.3 Å². The highest BCUT2D eigenvalue weighted by Crippen LogP contribution is 2.19. The minimum Gasteiger partial charge on any atom is -0.340 e. The van der Waals surface area contributed by atoms with Gasteiger partial charge in [0, 0.05) is 29.3 Å². The van der Waals surface area contributed by atoms with Crippen LogP contribution in [0.3, 0.4) is 0 Å². The van der Waals surface area contributed by atoms with Crippen molar-refractivity contribution in [2.24, 2.45) is 0 Å². The lowest BCUT2D eigenvalue weighted by Crippen LogP contribution is -2.45. The molecule has 0 aromatic heterocycles. The van der Waals surface area contributed by atoms with Crippen LogP contribution >= 0.6 is 0 Å². The van der Waals surface area contributed by atoms with Gasteiger partial charge in [-0.2, -0.15) is 0 Å². The molecule has 8 heteroatoms. The van der Waals surface area contributed by atoms with Crippen molar-refractivity contribution >= 4 is 23.2 Å². The number of carbonyl (C=O) groups excluding carboxylic acids is 2. The molecule has 0 saturated heterocycles. The van der Waals surface area contributed by atoms with Crippen molar-refractivity contribution in [3.05, 3.63) is 105 Å². The van der Waals surface area contributed by atoms with Crippen LogP contribution in [-0.2, 0) is 11.2 Å². The predicted octanol–water partition coefficient (Wildman–Crippen LogP) is 4.02. The van der Waals surface area contributed by atoms with E-state index in [1.54, 1.807) is 6.92 Å². The third kappa shape index (κ3) is 5.72. The maximum absolute atomic E-state index is 13.1. The molecular formula is C23H20FN3O4. The predicted molar refractivity (Wildman–Crippen MR) is 114 cm³/mol. The minimum atomic E-state index is -0.958. The second kappa shape index (κ2) is 9.62. The Labute approximate surface area is 178 Å². The first kappa shape index (κ1) is 21.6. The van der Waals surface area contributed by atoms with E-state index >= 15 is 0 Å². The summed E-state index contributed by atoms with van der Waals surface area (Å²) < 4.78 is 13.1. The third-order valence-corrected chi connectivity index (χ3v) is 4.68. The molecule has 0 radical (unpaired) electrons. The molecule has 3 rings (SSSR count). The number of nitrogens with one attached hydrogen (secondary N) is 2. The molecule has 0 heterocycles. The second-order valence-electron chi connectivity index (χ2n) is 6.97. The van der Waals surface area contributed by atoms with Crippen LogP contribution in [0.25, 0.3) is 0 Å². The number of rotatable bonds is 7. The van der Waals surface area contributed by atoms with Gasteiger partial charge in [-0.25, -0.2) is 4.39 Å². The highest BCUT2D eigenvalue weighted by atomic mass is 19.1. The molecule has 2 amide bonds. The number of carbonyl (C=O) groups is 2.